The Morgan fingerprint density at radius 3 is 1.29 bits per heavy atom. The number of nitrogens with one attached hydrogen (secondary N) is 2. The molecule has 0 atom stereocenters. The minimum Gasteiger partial charge on any atom is -0.504 e. The van der Waals surface area contributed by atoms with E-state index in [1.54, 1.807) is 0 Å². The molecule has 18 nitrogen and oxygen atoms in total. The van der Waals surface area contributed by atoms with Crippen LogP contribution in [0.25, 0.3) is 12.2 Å². The van der Waals surface area contributed by atoms with Crippen LogP contribution in [0.2, 0.25) is 0 Å². The first-order valence-electron chi connectivity index (χ1n) is 13.0. The van der Waals surface area contributed by atoms with Crippen molar-refractivity contribution in [3.8, 4) is 0 Å². The Labute approximate surface area is 325 Å². The van der Waals surface area contributed by atoms with E-state index in [1.165, 1.54) is 12.1 Å². The van der Waals surface area contributed by atoms with Crippen LogP contribution in [0.5, 0.6) is 0 Å². The van der Waals surface area contributed by atoms with Crippen LogP contribution < -0.4 is 10.9 Å². The van der Waals surface area contributed by atoms with Gasteiger partial charge >= 0.3 is 11.9 Å². The van der Waals surface area contributed by atoms with E-state index < -0.39 is 87.6 Å². The monoisotopic (exact) mass is 879 g/mol. The number of halogens is 2. The zero-order valence-corrected chi connectivity index (χ0v) is 32.0. The maximum absolute atomic E-state index is 12.2. The average molecular weight is 881 g/mol. The number of carboxylic acids is 2. The Kier molecular flexibility index (Phi) is 12.9. The summed E-state index contributed by atoms with van der Waals surface area (Å²) in [7, 11) is -9.97. The molecule has 2 aliphatic carbocycles. The number of anilines is 2. The second kappa shape index (κ2) is 16.0. The quantitative estimate of drug-likeness (QED) is 0.0559. The molecule has 23 heteroatoms. The van der Waals surface area contributed by atoms with Gasteiger partial charge in [-0.05, 0) is 67.3 Å². The van der Waals surface area contributed by atoms with Crippen LogP contribution in [0.1, 0.15) is 11.1 Å². The fourth-order valence-corrected chi connectivity index (χ4v) is 6.15. The van der Waals surface area contributed by atoms with Gasteiger partial charge < -0.3 is 20.4 Å². The molecular weight excluding hydrogens is 863 g/mol. The first-order chi connectivity index (χ1) is 23.2. The van der Waals surface area contributed by atoms with Gasteiger partial charge in [0.15, 0.2) is 23.1 Å². The topological polar surface area (TPSA) is 307 Å². The number of rotatable bonds is 10. The van der Waals surface area contributed by atoms with Gasteiger partial charge in [-0.25, -0.2) is 9.59 Å². The molecule has 0 aromatic heterocycles. The van der Waals surface area contributed by atoms with Gasteiger partial charge in [0.2, 0.25) is 0 Å². The van der Waals surface area contributed by atoms with E-state index in [0.29, 0.717) is 12.2 Å². The van der Waals surface area contributed by atoms with Gasteiger partial charge in [-0.15, -0.1) is 0 Å². The molecule has 8 N–H and O–H groups in total. The number of nitrogens with zero attached hydrogens (tertiary/aromatic N) is 2. The van der Waals surface area contributed by atoms with Gasteiger partial charge in [-0.2, -0.15) is 27.0 Å². The van der Waals surface area contributed by atoms with E-state index in [4.69, 9.17) is 0 Å². The first kappa shape index (κ1) is 41.2. The summed E-state index contributed by atoms with van der Waals surface area (Å²) < 4.78 is 67.9. The summed E-state index contributed by atoms with van der Waals surface area (Å²) in [5.41, 5.74) is 1.36. The van der Waals surface area contributed by atoms with Crippen LogP contribution >= 0.6 is 31.9 Å². The molecule has 0 bridgehead atoms. The predicted molar refractivity (Wildman–Crippen MR) is 188 cm³/mol. The second-order valence-corrected chi connectivity index (χ2v) is 14.1. The van der Waals surface area contributed by atoms with Gasteiger partial charge in [0.25, 0.3) is 20.2 Å². The van der Waals surface area contributed by atoms with Crippen molar-refractivity contribution in [3.05, 3.63) is 91.3 Å². The number of aliphatic carboxylic acids is 2. The van der Waals surface area contributed by atoms with Crippen LogP contribution in [0.4, 0.5) is 11.4 Å². The van der Waals surface area contributed by atoms with Crippen LogP contribution in [0, 0.1) is 0 Å². The minimum atomic E-state index is -4.98. The largest absolute Gasteiger partial charge is 0.504 e. The fraction of sp³-hybridized carbons (Fsp3) is 0. The number of allylic oxidation sites excluding steroid dienone is 6. The van der Waals surface area contributed by atoms with Gasteiger partial charge in [0.05, 0.1) is 22.5 Å². The summed E-state index contributed by atoms with van der Waals surface area (Å²) in [6, 6.07) is 6.41. The molecule has 2 aromatic rings. The fourth-order valence-electron chi connectivity index (χ4n) is 4.12. The molecule has 51 heavy (non-hydrogen) atoms. The molecule has 0 fully saturated rings. The Morgan fingerprint density at radius 1 is 0.667 bits per heavy atom. The Hall–Kier alpha value is -4.26. The molecule has 2 aliphatic rings. The van der Waals surface area contributed by atoms with Gasteiger partial charge in [0, 0.05) is 41.7 Å². The number of hydrazone groups is 2. The van der Waals surface area contributed by atoms with E-state index in [-0.39, 0.29) is 61.0 Å². The maximum atomic E-state index is 12.2. The third-order valence-electron chi connectivity index (χ3n) is 6.44. The average Bonchev–Trinajstić information content (AvgIpc) is 3.03. The van der Waals surface area contributed by atoms with Crippen LogP contribution in [-0.2, 0) is 39.4 Å². The van der Waals surface area contributed by atoms with E-state index in [2.05, 4.69) is 52.9 Å². The van der Waals surface area contributed by atoms with Crippen molar-refractivity contribution in [2.75, 3.05) is 10.9 Å². The standard InChI is InChI=1S/C28H18Br2N4O14S2.Na/c29-21-17(35)9-15(27(39)40)23(25(21)37)33-31-13-5-3-11(19(7-13)49(43,44)45)1-2-12-4-6-14(8-20(12)50(46,47)48)32-34-24-16(28(41)42)10-18(36)22(30)26(24)38;/h1-10,31-32,37-38H,(H,39,40)(H,41,42)(H,43,44,45)(H,46,47,48);. The van der Waals surface area contributed by atoms with Crippen molar-refractivity contribution in [3.63, 3.8) is 0 Å². The summed E-state index contributed by atoms with van der Waals surface area (Å²) >= 11 is 5.62. The molecule has 0 saturated heterocycles. The van der Waals surface area contributed by atoms with E-state index in [1.807, 2.05) is 0 Å². The third-order valence-corrected chi connectivity index (χ3v) is 9.79. The van der Waals surface area contributed by atoms with Gasteiger partial charge in [0.1, 0.15) is 30.2 Å². The van der Waals surface area contributed by atoms with Crippen LogP contribution in [0.3, 0.4) is 0 Å². The van der Waals surface area contributed by atoms with Gasteiger partial charge in [-0.1, -0.05) is 24.3 Å². The zero-order chi connectivity index (χ0) is 37.3. The normalized spacial score (nSPS) is 17.0. The third kappa shape index (κ3) is 9.35. The summed E-state index contributed by atoms with van der Waals surface area (Å²) in [6.07, 6.45) is 3.50. The molecular formula is C28H18Br2N4NaO14S2. The Morgan fingerprint density at radius 2 is 1.00 bits per heavy atom. The van der Waals surface area contributed by atoms with Crippen molar-refractivity contribution in [1.29, 1.82) is 0 Å². The number of aliphatic hydroxyl groups excluding tert-OH is 2. The molecule has 0 spiro atoms. The molecule has 4 rings (SSSR count). The molecule has 0 heterocycles. The molecule has 0 aliphatic heterocycles. The predicted octanol–water partition coefficient (Wildman–Crippen LogP) is 3.02. The summed E-state index contributed by atoms with van der Waals surface area (Å²) in [4.78, 5) is 45.3. The molecule has 0 amide bonds. The second-order valence-electron chi connectivity index (χ2n) is 9.71. The number of aliphatic hydroxyl groups is 2. The summed E-state index contributed by atoms with van der Waals surface area (Å²) in [5, 5.41) is 46.7. The SMILES string of the molecule is O=C(O)C1=CC(=O)C(Br)=C(O)C1=NNc1ccc(C=Cc2ccc(NN=C3C(C(=O)O)=CC(=O)C(Br)=C3O)cc2S(=O)(=O)O)c(S(=O)(=O)O)c1.[Na]. The van der Waals surface area contributed by atoms with Crippen LogP contribution in [-0.4, -0.2) is 111 Å². The molecule has 0 saturated carbocycles. The smallest absolute Gasteiger partial charge is 0.338 e. The zero-order valence-electron chi connectivity index (χ0n) is 25.2. The van der Waals surface area contributed by atoms with Crippen molar-refractivity contribution in [2.24, 2.45) is 10.2 Å². The number of carbonyl (C=O) groups is 4. The first-order valence-corrected chi connectivity index (χ1v) is 17.4. The number of carboxylic acid groups (broad SMARTS) is 2. The van der Waals surface area contributed by atoms with Crippen molar-refractivity contribution in [1.82, 2.24) is 0 Å². The molecule has 261 valence electrons. The Bertz CT molecular complexity index is 2200. The number of carbonyl (C=O) groups excluding carboxylic acids is 2. The van der Waals surface area contributed by atoms with Crippen molar-refractivity contribution < 1.29 is 65.5 Å². The molecule has 1 radical (unpaired) electrons. The number of ketones is 2. The van der Waals surface area contributed by atoms with Crippen molar-refractivity contribution in [2.45, 2.75) is 9.79 Å². The summed E-state index contributed by atoms with van der Waals surface area (Å²) in [6.45, 7) is 0. The summed E-state index contributed by atoms with van der Waals surface area (Å²) in [5.74, 6) is -6.57. The minimum absolute atomic E-state index is 0. The van der Waals surface area contributed by atoms with E-state index in [0.717, 1.165) is 36.4 Å². The maximum Gasteiger partial charge on any atom is 0.338 e. The number of hydrogen-bond acceptors (Lipinski definition) is 14. The number of hydrogen-bond donors (Lipinski definition) is 8. The van der Waals surface area contributed by atoms with Gasteiger partial charge in [-0.3, -0.25) is 29.5 Å². The van der Waals surface area contributed by atoms with E-state index in [9.17, 15) is 65.5 Å². The molecule has 2 aromatic carbocycles. The van der Waals surface area contributed by atoms with Crippen LogP contribution in [0.15, 0.2) is 100 Å². The Balaban J connectivity index is 0.00000702. The molecule has 0 unspecified atom stereocenters. The number of benzene rings is 2. The van der Waals surface area contributed by atoms with Crippen molar-refractivity contribution >= 4 is 140 Å². The van der Waals surface area contributed by atoms with E-state index >= 15 is 0 Å².